The number of rotatable bonds is 5. The number of methoxy groups -OCH3 is 1. The maximum atomic E-state index is 12.7. The molecule has 0 spiro atoms. The number of hydrogen-bond acceptors (Lipinski definition) is 6. The fraction of sp³-hybridized carbons (Fsp3) is 0.111. The summed E-state index contributed by atoms with van der Waals surface area (Å²) >= 11 is 4.15. The van der Waals surface area contributed by atoms with Crippen LogP contribution in [-0.2, 0) is 11.3 Å². The number of nitrogens with zero attached hydrogens (tertiary/aromatic N) is 2. The number of carbonyl (C=O) groups is 2. The van der Waals surface area contributed by atoms with Gasteiger partial charge in [0.1, 0.15) is 5.75 Å². The number of halogens is 1. The van der Waals surface area contributed by atoms with E-state index in [0.717, 1.165) is 21.1 Å². The Morgan fingerprint density at radius 3 is 2.70 bits per heavy atom. The maximum Gasteiger partial charge on any atom is 0.293 e. The quantitative estimate of drug-likeness (QED) is 0.377. The van der Waals surface area contributed by atoms with Crippen molar-refractivity contribution < 1.29 is 19.2 Å². The standard InChI is InChI=1S/C18H13BrN2O5S/c1-26-15-7-6-13(19)8-12(15)9-16-17(22)20(18(23)27-16)10-11-4-2-3-5-14(11)21(24)25/h2-9H,10H2,1H3/b16-9+. The maximum absolute atomic E-state index is 12.7. The van der Waals surface area contributed by atoms with Crippen molar-refractivity contribution >= 4 is 50.6 Å². The molecule has 138 valence electrons. The molecule has 1 fully saturated rings. The summed E-state index contributed by atoms with van der Waals surface area (Å²) in [5.74, 6) is 0.0638. The van der Waals surface area contributed by atoms with Gasteiger partial charge in [0, 0.05) is 21.7 Å². The summed E-state index contributed by atoms with van der Waals surface area (Å²) in [6.45, 7) is -0.158. The highest BCUT2D eigenvalue weighted by atomic mass is 79.9. The number of carbonyl (C=O) groups excluding carboxylic acids is 2. The van der Waals surface area contributed by atoms with E-state index in [9.17, 15) is 19.7 Å². The Hall–Kier alpha value is -2.65. The van der Waals surface area contributed by atoms with Gasteiger partial charge < -0.3 is 4.74 Å². The first kappa shape index (κ1) is 19.1. The molecule has 1 saturated heterocycles. The van der Waals surface area contributed by atoms with Crippen LogP contribution in [0.15, 0.2) is 51.8 Å². The number of thioether (sulfide) groups is 1. The third kappa shape index (κ3) is 4.04. The highest BCUT2D eigenvalue weighted by molar-refractivity contribution is 9.10. The summed E-state index contributed by atoms with van der Waals surface area (Å²) in [6.07, 6.45) is 1.58. The van der Waals surface area contributed by atoms with Crippen molar-refractivity contribution in [2.45, 2.75) is 6.54 Å². The van der Waals surface area contributed by atoms with E-state index in [1.54, 1.807) is 30.3 Å². The number of imide groups is 1. The van der Waals surface area contributed by atoms with Crippen LogP contribution in [-0.4, -0.2) is 28.1 Å². The molecule has 2 aromatic carbocycles. The van der Waals surface area contributed by atoms with Crippen LogP contribution in [0.1, 0.15) is 11.1 Å². The molecule has 1 heterocycles. The van der Waals surface area contributed by atoms with Crippen LogP contribution in [0.2, 0.25) is 0 Å². The summed E-state index contributed by atoms with van der Waals surface area (Å²) in [5.41, 5.74) is 0.809. The van der Waals surface area contributed by atoms with Gasteiger partial charge in [0.25, 0.3) is 16.8 Å². The SMILES string of the molecule is COc1ccc(Br)cc1/C=C1/SC(=O)N(Cc2ccccc2[N+](=O)[O-])C1=O. The van der Waals surface area contributed by atoms with E-state index in [4.69, 9.17) is 4.74 Å². The fourth-order valence-electron chi connectivity index (χ4n) is 2.59. The Labute approximate surface area is 167 Å². The molecule has 0 radical (unpaired) electrons. The minimum Gasteiger partial charge on any atom is -0.496 e. The van der Waals surface area contributed by atoms with E-state index in [0.29, 0.717) is 16.9 Å². The molecule has 2 aromatic rings. The molecule has 0 aliphatic carbocycles. The molecule has 0 unspecified atom stereocenters. The zero-order chi connectivity index (χ0) is 19.6. The summed E-state index contributed by atoms with van der Waals surface area (Å²) in [5, 5.41) is 10.7. The van der Waals surface area contributed by atoms with Gasteiger partial charge in [0.05, 0.1) is 23.5 Å². The van der Waals surface area contributed by atoms with Gasteiger partial charge in [-0.1, -0.05) is 34.1 Å². The van der Waals surface area contributed by atoms with Crippen LogP contribution in [0, 0.1) is 10.1 Å². The van der Waals surface area contributed by atoms with E-state index in [1.807, 2.05) is 0 Å². The monoisotopic (exact) mass is 448 g/mol. The van der Waals surface area contributed by atoms with E-state index in [2.05, 4.69) is 15.9 Å². The highest BCUT2D eigenvalue weighted by Crippen LogP contribution is 2.36. The number of nitro benzene ring substituents is 1. The van der Waals surface area contributed by atoms with Crippen LogP contribution in [0.3, 0.4) is 0 Å². The van der Waals surface area contributed by atoms with Crippen molar-refractivity contribution in [3.8, 4) is 5.75 Å². The smallest absolute Gasteiger partial charge is 0.293 e. The first-order valence-corrected chi connectivity index (χ1v) is 9.33. The van der Waals surface area contributed by atoms with E-state index in [-0.39, 0.29) is 17.1 Å². The number of nitro groups is 1. The second-order valence-electron chi connectivity index (χ2n) is 5.54. The van der Waals surface area contributed by atoms with Crippen LogP contribution >= 0.6 is 27.7 Å². The van der Waals surface area contributed by atoms with Crippen molar-refractivity contribution in [3.63, 3.8) is 0 Å². The van der Waals surface area contributed by atoms with Gasteiger partial charge in [-0.2, -0.15) is 0 Å². The van der Waals surface area contributed by atoms with E-state index >= 15 is 0 Å². The second-order valence-corrected chi connectivity index (χ2v) is 7.45. The van der Waals surface area contributed by atoms with Crippen LogP contribution in [0.25, 0.3) is 6.08 Å². The van der Waals surface area contributed by atoms with Crippen LogP contribution < -0.4 is 4.74 Å². The summed E-state index contributed by atoms with van der Waals surface area (Å²) in [4.78, 5) is 36.8. The Morgan fingerprint density at radius 1 is 1.26 bits per heavy atom. The number of para-hydroxylation sites is 1. The molecule has 3 rings (SSSR count). The third-order valence-corrected chi connectivity index (χ3v) is 5.27. The molecule has 0 saturated carbocycles. The molecular formula is C18H13BrN2O5S. The second kappa shape index (κ2) is 7.93. The van der Waals surface area contributed by atoms with Gasteiger partial charge in [0.15, 0.2) is 0 Å². The fourth-order valence-corrected chi connectivity index (χ4v) is 3.80. The molecule has 27 heavy (non-hydrogen) atoms. The summed E-state index contributed by atoms with van der Waals surface area (Å²) < 4.78 is 6.08. The van der Waals surface area contributed by atoms with Gasteiger partial charge in [0.2, 0.25) is 0 Å². The predicted molar refractivity (Wildman–Crippen MR) is 105 cm³/mol. The van der Waals surface area contributed by atoms with E-state index < -0.39 is 16.1 Å². The van der Waals surface area contributed by atoms with Crippen molar-refractivity contribution in [2.24, 2.45) is 0 Å². The highest BCUT2D eigenvalue weighted by Gasteiger charge is 2.36. The lowest BCUT2D eigenvalue weighted by atomic mass is 10.1. The molecule has 0 aromatic heterocycles. The number of amides is 2. The molecule has 0 N–H and O–H groups in total. The minimum absolute atomic E-state index is 0.130. The van der Waals surface area contributed by atoms with Crippen molar-refractivity contribution in [2.75, 3.05) is 7.11 Å². The lowest BCUT2D eigenvalue weighted by molar-refractivity contribution is -0.385. The molecule has 0 bridgehead atoms. The minimum atomic E-state index is -0.531. The molecule has 1 aliphatic heterocycles. The first-order chi connectivity index (χ1) is 12.9. The van der Waals surface area contributed by atoms with Gasteiger partial charge in [-0.3, -0.25) is 24.6 Å². The Kier molecular flexibility index (Phi) is 5.62. The molecule has 0 atom stereocenters. The van der Waals surface area contributed by atoms with Crippen LogP contribution in [0.4, 0.5) is 10.5 Å². The number of ether oxygens (including phenoxy) is 1. The summed E-state index contributed by atoms with van der Waals surface area (Å²) in [7, 11) is 1.51. The Bertz CT molecular complexity index is 976. The van der Waals surface area contributed by atoms with Gasteiger partial charge >= 0.3 is 0 Å². The Morgan fingerprint density at radius 2 is 2.00 bits per heavy atom. The topological polar surface area (TPSA) is 89.8 Å². The normalized spacial score (nSPS) is 15.5. The largest absolute Gasteiger partial charge is 0.496 e. The average molecular weight is 449 g/mol. The Balaban J connectivity index is 1.90. The first-order valence-electron chi connectivity index (χ1n) is 7.72. The number of benzene rings is 2. The molecule has 1 aliphatic rings. The van der Waals surface area contributed by atoms with Crippen molar-refractivity contribution in [1.29, 1.82) is 0 Å². The lowest BCUT2D eigenvalue weighted by Crippen LogP contribution is -2.27. The van der Waals surface area contributed by atoms with Crippen LogP contribution in [0.5, 0.6) is 5.75 Å². The summed E-state index contributed by atoms with van der Waals surface area (Å²) in [6, 6.07) is 11.4. The zero-order valence-corrected chi connectivity index (χ0v) is 16.5. The van der Waals surface area contributed by atoms with E-state index in [1.165, 1.54) is 25.3 Å². The lowest BCUT2D eigenvalue weighted by Gasteiger charge is -2.12. The number of hydrogen-bond donors (Lipinski definition) is 0. The molecule has 9 heteroatoms. The van der Waals surface area contributed by atoms with Crippen molar-refractivity contribution in [3.05, 3.63) is 73.1 Å². The average Bonchev–Trinajstić information content (AvgIpc) is 2.90. The third-order valence-electron chi connectivity index (χ3n) is 3.87. The molecule has 7 nitrogen and oxygen atoms in total. The predicted octanol–water partition coefficient (Wildman–Crippen LogP) is 4.60. The van der Waals surface area contributed by atoms with Gasteiger partial charge in [-0.05, 0) is 36.0 Å². The zero-order valence-electron chi connectivity index (χ0n) is 14.0. The molecule has 2 amide bonds. The van der Waals surface area contributed by atoms with Crippen molar-refractivity contribution in [1.82, 2.24) is 4.90 Å². The van der Waals surface area contributed by atoms with Gasteiger partial charge in [-0.15, -0.1) is 0 Å². The van der Waals surface area contributed by atoms with Gasteiger partial charge in [-0.25, -0.2) is 0 Å². The molecular weight excluding hydrogens is 436 g/mol.